The molecule has 1 amide bonds. The second-order valence-corrected chi connectivity index (χ2v) is 6.79. The average molecular weight is 314 g/mol. The zero-order valence-electron chi connectivity index (χ0n) is 13.2. The molecule has 1 aromatic carbocycles. The van der Waals surface area contributed by atoms with Crippen molar-refractivity contribution >= 4 is 17.2 Å². The maximum Gasteiger partial charge on any atom is 0.273 e. The fourth-order valence-corrected chi connectivity index (χ4v) is 3.93. The fourth-order valence-electron chi connectivity index (χ4n) is 3.13. The van der Waals surface area contributed by atoms with Gasteiger partial charge in [-0.2, -0.15) is 0 Å². The largest absolute Gasteiger partial charge is 0.335 e. The first-order chi connectivity index (χ1) is 10.7. The molecule has 1 fully saturated rings. The Hall–Kier alpha value is -1.68. The Labute approximate surface area is 136 Å². The van der Waals surface area contributed by atoms with Crippen LogP contribution in [-0.4, -0.2) is 28.4 Å². The van der Waals surface area contributed by atoms with Crippen molar-refractivity contribution in [3.63, 3.8) is 0 Å². The Balaban J connectivity index is 1.80. The van der Waals surface area contributed by atoms with Gasteiger partial charge in [-0.15, -0.1) is 11.3 Å². The van der Waals surface area contributed by atoms with Crippen LogP contribution in [0.1, 0.15) is 48.7 Å². The predicted molar refractivity (Wildman–Crippen MR) is 91.3 cm³/mol. The lowest BCUT2D eigenvalue weighted by Gasteiger charge is -2.26. The average Bonchev–Trinajstić information content (AvgIpc) is 3.20. The van der Waals surface area contributed by atoms with Crippen LogP contribution in [0.15, 0.2) is 29.6 Å². The summed E-state index contributed by atoms with van der Waals surface area (Å²) in [7, 11) is 0. The van der Waals surface area contributed by atoms with E-state index in [0.29, 0.717) is 11.7 Å². The van der Waals surface area contributed by atoms with E-state index in [2.05, 4.69) is 43.1 Å². The second kappa shape index (κ2) is 6.61. The summed E-state index contributed by atoms with van der Waals surface area (Å²) in [5, 5.41) is 2.82. The third-order valence-corrected chi connectivity index (χ3v) is 5.28. The normalized spacial score (nSPS) is 15.2. The first kappa shape index (κ1) is 15.2. The molecule has 1 saturated carbocycles. The molecule has 116 valence electrons. The molecular weight excluding hydrogens is 292 g/mol. The number of rotatable bonds is 4. The first-order valence-electron chi connectivity index (χ1n) is 8.02. The third kappa shape index (κ3) is 3.07. The number of carbonyl (C=O) groups excluding carboxylic acids is 1. The van der Waals surface area contributed by atoms with Crippen LogP contribution in [0.5, 0.6) is 0 Å². The van der Waals surface area contributed by atoms with E-state index >= 15 is 0 Å². The summed E-state index contributed by atoms with van der Waals surface area (Å²) >= 11 is 1.55. The summed E-state index contributed by atoms with van der Waals surface area (Å²) in [4.78, 5) is 19.3. The van der Waals surface area contributed by atoms with Gasteiger partial charge in [-0.3, -0.25) is 4.79 Å². The molecule has 1 aromatic heterocycles. The van der Waals surface area contributed by atoms with Gasteiger partial charge in [0.15, 0.2) is 0 Å². The van der Waals surface area contributed by atoms with E-state index in [1.165, 1.54) is 18.4 Å². The van der Waals surface area contributed by atoms with Crippen LogP contribution in [0.2, 0.25) is 0 Å². The molecule has 0 radical (unpaired) electrons. The second-order valence-electron chi connectivity index (χ2n) is 5.93. The third-order valence-electron chi connectivity index (χ3n) is 4.39. The molecule has 1 aliphatic rings. The summed E-state index contributed by atoms with van der Waals surface area (Å²) in [6.07, 6.45) is 4.74. The molecule has 0 atom stereocenters. The maximum absolute atomic E-state index is 12.7. The van der Waals surface area contributed by atoms with Gasteiger partial charge in [0.2, 0.25) is 0 Å². The van der Waals surface area contributed by atoms with Crippen molar-refractivity contribution in [3.05, 3.63) is 40.9 Å². The summed E-state index contributed by atoms with van der Waals surface area (Å²) < 4.78 is 0. The molecule has 0 unspecified atom stereocenters. The smallest absolute Gasteiger partial charge is 0.273 e. The van der Waals surface area contributed by atoms with Gasteiger partial charge in [0.05, 0.1) is 0 Å². The number of amides is 1. The summed E-state index contributed by atoms with van der Waals surface area (Å²) in [5.41, 5.74) is 2.91. The Morgan fingerprint density at radius 1 is 1.27 bits per heavy atom. The highest BCUT2D eigenvalue weighted by Gasteiger charge is 2.27. The van der Waals surface area contributed by atoms with Crippen LogP contribution < -0.4 is 0 Å². The minimum absolute atomic E-state index is 0.0870. The van der Waals surface area contributed by atoms with E-state index in [1.54, 1.807) is 11.3 Å². The molecule has 0 aliphatic heterocycles. The van der Waals surface area contributed by atoms with E-state index in [9.17, 15) is 4.79 Å². The fraction of sp³-hybridized carbons (Fsp3) is 0.444. The quantitative estimate of drug-likeness (QED) is 0.831. The van der Waals surface area contributed by atoms with Crippen LogP contribution in [-0.2, 0) is 0 Å². The molecule has 0 N–H and O–H groups in total. The number of nitrogens with zero attached hydrogens (tertiary/aromatic N) is 2. The SMILES string of the molecule is CCN(C(=O)c1csc(-c2ccc(C)cc2)n1)C1CCCC1. The number of hydrogen-bond acceptors (Lipinski definition) is 3. The summed E-state index contributed by atoms with van der Waals surface area (Å²) in [6.45, 7) is 4.89. The lowest BCUT2D eigenvalue weighted by atomic mass is 10.1. The molecule has 3 rings (SSSR count). The maximum atomic E-state index is 12.7. The van der Waals surface area contributed by atoms with Crippen molar-refractivity contribution in [2.24, 2.45) is 0 Å². The predicted octanol–water partition coefficient (Wildman–Crippen LogP) is 4.52. The Kier molecular flexibility index (Phi) is 4.57. The number of carbonyl (C=O) groups is 1. The summed E-state index contributed by atoms with van der Waals surface area (Å²) in [6, 6.07) is 8.69. The number of hydrogen-bond donors (Lipinski definition) is 0. The van der Waals surface area contributed by atoms with Gasteiger partial charge in [0, 0.05) is 23.5 Å². The van der Waals surface area contributed by atoms with Crippen LogP contribution in [0.4, 0.5) is 0 Å². The molecule has 0 spiro atoms. The minimum atomic E-state index is 0.0870. The van der Waals surface area contributed by atoms with Crippen molar-refractivity contribution in [2.75, 3.05) is 6.54 Å². The lowest BCUT2D eigenvalue weighted by Crippen LogP contribution is -2.38. The van der Waals surface area contributed by atoms with Gasteiger partial charge in [-0.05, 0) is 26.7 Å². The van der Waals surface area contributed by atoms with Crippen LogP contribution in [0.3, 0.4) is 0 Å². The zero-order valence-corrected chi connectivity index (χ0v) is 14.0. The standard InChI is InChI=1S/C18H22N2OS/c1-3-20(15-6-4-5-7-15)18(21)16-12-22-17(19-16)14-10-8-13(2)9-11-14/h8-12,15H,3-7H2,1-2H3. The molecule has 0 bridgehead atoms. The Bertz CT molecular complexity index is 641. The van der Waals surface area contributed by atoms with E-state index in [1.807, 2.05) is 10.3 Å². The van der Waals surface area contributed by atoms with Crippen molar-refractivity contribution < 1.29 is 4.79 Å². The monoisotopic (exact) mass is 314 g/mol. The first-order valence-corrected chi connectivity index (χ1v) is 8.90. The number of aryl methyl sites for hydroxylation is 1. The van der Waals surface area contributed by atoms with Crippen LogP contribution in [0.25, 0.3) is 10.6 Å². The van der Waals surface area contributed by atoms with E-state index in [-0.39, 0.29) is 5.91 Å². The lowest BCUT2D eigenvalue weighted by molar-refractivity contribution is 0.0688. The summed E-state index contributed by atoms with van der Waals surface area (Å²) in [5.74, 6) is 0.0870. The van der Waals surface area contributed by atoms with Gasteiger partial charge in [-0.1, -0.05) is 42.7 Å². The van der Waals surface area contributed by atoms with Crippen molar-refractivity contribution in [1.29, 1.82) is 0 Å². The molecular formula is C18H22N2OS. The zero-order chi connectivity index (χ0) is 15.5. The van der Waals surface area contributed by atoms with E-state index < -0.39 is 0 Å². The van der Waals surface area contributed by atoms with Gasteiger partial charge >= 0.3 is 0 Å². The molecule has 3 nitrogen and oxygen atoms in total. The van der Waals surface area contributed by atoms with Crippen molar-refractivity contribution in [2.45, 2.75) is 45.6 Å². The Morgan fingerprint density at radius 2 is 1.95 bits per heavy atom. The highest BCUT2D eigenvalue weighted by molar-refractivity contribution is 7.13. The molecule has 22 heavy (non-hydrogen) atoms. The van der Waals surface area contributed by atoms with E-state index in [0.717, 1.165) is 30.0 Å². The van der Waals surface area contributed by atoms with Crippen LogP contribution >= 0.6 is 11.3 Å². The molecule has 1 aliphatic carbocycles. The number of benzene rings is 1. The van der Waals surface area contributed by atoms with Crippen molar-refractivity contribution in [3.8, 4) is 10.6 Å². The topological polar surface area (TPSA) is 33.2 Å². The number of thiazole rings is 1. The van der Waals surface area contributed by atoms with E-state index in [4.69, 9.17) is 0 Å². The Morgan fingerprint density at radius 3 is 2.59 bits per heavy atom. The highest BCUT2D eigenvalue weighted by Crippen LogP contribution is 2.27. The van der Waals surface area contributed by atoms with Gasteiger partial charge in [0.1, 0.15) is 10.7 Å². The molecule has 0 saturated heterocycles. The van der Waals surface area contributed by atoms with Gasteiger partial charge < -0.3 is 4.90 Å². The number of aromatic nitrogens is 1. The van der Waals surface area contributed by atoms with Crippen molar-refractivity contribution in [1.82, 2.24) is 9.88 Å². The van der Waals surface area contributed by atoms with Crippen LogP contribution in [0, 0.1) is 6.92 Å². The minimum Gasteiger partial charge on any atom is -0.335 e. The molecule has 1 heterocycles. The van der Waals surface area contributed by atoms with Gasteiger partial charge in [0.25, 0.3) is 5.91 Å². The molecule has 4 heteroatoms. The van der Waals surface area contributed by atoms with Gasteiger partial charge in [-0.25, -0.2) is 4.98 Å². The highest BCUT2D eigenvalue weighted by atomic mass is 32.1. The molecule has 2 aromatic rings.